The van der Waals surface area contributed by atoms with Crippen molar-refractivity contribution in [2.45, 2.75) is 37.9 Å². The molecule has 0 radical (unpaired) electrons. The van der Waals surface area contributed by atoms with Gasteiger partial charge in [-0.3, -0.25) is 4.79 Å². The Morgan fingerprint density at radius 3 is 1.34 bits per heavy atom. The summed E-state index contributed by atoms with van der Waals surface area (Å²) in [4.78, 5) is 38.1. The maximum absolute atomic E-state index is 13.9. The maximum atomic E-state index is 13.9. The van der Waals surface area contributed by atoms with Crippen LogP contribution in [-0.2, 0) is 36.7 Å². The summed E-state index contributed by atoms with van der Waals surface area (Å²) in [5, 5.41) is 1.05. The Labute approximate surface area is 197 Å². The minimum atomic E-state index is -1.66. The van der Waals surface area contributed by atoms with Crippen molar-refractivity contribution in [2.75, 3.05) is 0 Å². The van der Waals surface area contributed by atoms with Crippen molar-refractivity contribution >= 4 is 40.9 Å². The van der Waals surface area contributed by atoms with E-state index in [1.54, 1.807) is 48.5 Å². The Kier molecular flexibility index (Phi) is 8.42. The van der Waals surface area contributed by atoms with Crippen LogP contribution in [0, 0.1) is 0 Å². The molecule has 0 aliphatic rings. The van der Waals surface area contributed by atoms with Crippen molar-refractivity contribution in [1.29, 1.82) is 0 Å². The molecule has 0 fully saturated rings. The van der Waals surface area contributed by atoms with Gasteiger partial charge in [0.25, 0.3) is 0 Å². The topological polar surface area (TPSA) is 69.7 Å². The first-order chi connectivity index (χ1) is 15.0. The number of carbonyl (C=O) groups excluding carboxylic acids is 3. The molecule has 0 N–H and O–H groups in total. The molecule has 2 rings (SSSR count). The summed E-state index contributed by atoms with van der Waals surface area (Å²) < 4.78 is 11.0. The van der Waals surface area contributed by atoms with E-state index in [1.807, 2.05) is 0 Å². The number of halogens is 2. The minimum absolute atomic E-state index is 0.0322. The lowest BCUT2D eigenvalue weighted by Gasteiger charge is -2.37. The van der Waals surface area contributed by atoms with Gasteiger partial charge < -0.3 is 9.47 Å². The first kappa shape index (κ1) is 25.4. The Balaban J connectivity index is 2.50. The first-order valence-electron chi connectivity index (χ1n) is 9.76. The third-order valence-electron chi connectivity index (χ3n) is 4.86. The standard InChI is InChI=1S/C25H24Cl2O5/c1-5-21(28)31-24(3,15-17-7-11-19(26)12-8-17)23(30)25(4,32-22(29)6-2)16-18-9-13-20(27)14-10-18/h5-14H,1-2,15-16H2,3-4H3. The van der Waals surface area contributed by atoms with Crippen LogP contribution in [0.15, 0.2) is 73.8 Å². The molecule has 0 bridgehead atoms. The van der Waals surface area contributed by atoms with Gasteiger partial charge in [0.15, 0.2) is 11.2 Å². The van der Waals surface area contributed by atoms with E-state index in [-0.39, 0.29) is 12.8 Å². The van der Waals surface area contributed by atoms with Gasteiger partial charge in [-0.1, -0.05) is 60.6 Å². The highest BCUT2D eigenvalue weighted by Gasteiger charge is 2.50. The van der Waals surface area contributed by atoms with Gasteiger partial charge in [-0.05, 0) is 49.2 Å². The highest BCUT2D eigenvalue weighted by Crippen LogP contribution is 2.31. The van der Waals surface area contributed by atoms with Crippen molar-refractivity contribution in [3.8, 4) is 0 Å². The molecule has 0 amide bonds. The number of esters is 2. The van der Waals surface area contributed by atoms with Crippen molar-refractivity contribution in [1.82, 2.24) is 0 Å². The van der Waals surface area contributed by atoms with E-state index >= 15 is 0 Å². The zero-order chi connectivity index (χ0) is 23.9. The highest BCUT2D eigenvalue weighted by atomic mass is 35.5. The highest BCUT2D eigenvalue weighted by molar-refractivity contribution is 6.30. The van der Waals surface area contributed by atoms with Gasteiger partial charge in [-0.15, -0.1) is 0 Å². The van der Waals surface area contributed by atoms with Gasteiger partial charge in [0, 0.05) is 35.0 Å². The number of hydrogen-bond acceptors (Lipinski definition) is 5. The third-order valence-corrected chi connectivity index (χ3v) is 5.36. The summed E-state index contributed by atoms with van der Waals surface area (Å²) in [6, 6.07) is 13.6. The molecular weight excluding hydrogens is 451 g/mol. The summed E-state index contributed by atoms with van der Waals surface area (Å²) in [7, 11) is 0. The summed E-state index contributed by atoms with van der Waals surface area (Å²) >= 11 is 11.9. The van der Waals surface area contributed by atoms with Crippen LogP contribution in [0.5, 0.6) is 0 Å². The minimum Gasteiger partial charge on any atom is -0.448 e. The molecule has 0 aliphatic heterocycles. The molecule has 2 unspecified atom stereocenters. The summed E-state index contributed by atoms with van der Waals surface area (Å²) in [5.74, 6) is -2.15. The number of ketones is 1. The lowest BCUT2D eigenvalue weighted by molar-refractivity contribution is -0.178. The van der Waals surface area contributed by atoms with Gasteiger partial charge in [0.2, 0.25) is 5.78 Å². The van der Waals surface area contributed by atoms with Gasteiger partial charge in [0.1, 0.15) is 0 Å². The monoisotopic (exact) mass is 474 g/mol. The summed E-state index contributed by atoms with van der Waals surface area (Å²) in [6.45, 7) is 9.78. The molecule has 0 heterocycles. The summed E-state index contributed by atoms with van der Waals surface area (Å²) in [5.41, 5.74) is -1.93. The molecular formula is C25H24Cl2O5. The van der Waals surface area contributed by atoms with E-state index in [9.17, 15) is 14.4 Å². The molecule has 2 aromatic carbocycles. The number of carbonyl (C=O) groups is 3. The average molecular weight is 475 g/mol. The lowest BCUT2D eigenvalue weighted by atomic mass is 9.80. The van der Waals surface area contributed by atoms with Gasteiger partial charge in [-0.25, -0.2) is 9.59 Å². The lowest BCUT2D eigenvalue weighted by Crippen LogP contribution is -2.56. The molecule has 0 spiro atoms. The van der Waals surface area contributed by atoms with Crippen molar-refractivity contribution < 1.29 is 23.9 Å². The van der Waals surface area contributed by atoms with E-state index in [2.05, 4.69) is 13.2 Å². The zero-order valence-corrected chi connectivity index (χ0v) is 19.4. The Hall–Kier alpha value is -2.89. The maximum Gasteiger partial charge on any atom is 0.331 e. The van der Waals surface area contributed by atoms with Crippen LogP contribution in [0.4, 0.5) is 0 Å². The molecule has 0 saturated heterocycles. The van der Waals surface area contributed by atoms with E-state index in [0.29, 0.717) is 21.2 Å². The van der Waals surface area contributed by atoms with Crippen molar-refractivity contribution in [2.24, 2.45) is 0 Å². The Morgan fingerprint density at radius 2 is 1.06 bits per heavy atom. The number of rotatable bonds is 10. The second-order valence-electron chi connectivity index (χ2n) is 7.65. The SMILES string of the molecule is C=CC(=O)OC(C)(Cc1ccc(Cl)cc1)C(=O)C(C)(Cc1ccc(Cl)cc1)OC(=O)C=C. The second kappa shape index (κ2) is 10.6. The molecule has 0 saturated carbocycles. The van der Waals surface area contributed by atoms with Crippen molar-refractivity contribution in [3.05, 3.63) is 95.0 Å². The molecule has 2 aromatic rings. The molecule has 168 valence electrons. The predicted octanol–water partition coefficient (Wildman–Crippen LogP) is 5.32. The fraction of sp³-hybridized carbons (Fsp3) is 0.240. The predicted molar refractivity (Wildman–Crippen MR) is 125 cm³/mol. The smallest absolute Gasteiger partial charge is 0.331 e. The molecule has 7 heteroatoms. The van der Waals surface area contributed by atoms with Crippen LogP contribution < -0.4 is 0 Å². The van der Waals surface area contributed by atoms with E-state index < -0.39 is 28.9 Å². The number of benzene rings is 2. The zero-order valence-electron chi connectivity index (χ0n) is 17.9. The fourth-order valence-corrected chi connectivity index (χ4v) is 3.65. The van der Waals surface area contributed by atoms with Crippen LogP contribution in [0.3, 0.4) is 0 Å². The van der Waals surface area contributed by atoms with Crippen LogP contribution >= 0.6 is 23.2 Å². The van der Waals surface area contributed by atoms with Gasteiger partial charge in [0.05, 0.1) is 0 Å². The van der Waals surface area contributed by atoms with E-state index in [1.165, 1.54) is 13.8 Å². The Morgan fingerprint density at radius 1 is 0.750 bits per heavy atom. The number of Topliss-reactive ketones (excluding diaryl/α,β-unsaturated/α-hetero) is 1. The molecule has 32 heavy (non-hydrogen) atoms. The summed E-state index contributed by atoms with van der Waals surface area (Å²) in [6.07, 6.45) is 2.01. The molecule has 5 nitrogen and oxygen atoms in total. The fourth-order valence-electron chi connectivity index (χ4n) is 3.40. The average Bonchev–Trinajstić information content (AvgIpc) is 2.76. The van der Waals surface area contributed by atoms with Crippen LogP contribution in [0.25, 0.3) is 0 Å². The van der Waals surface area contributed by atoms with Crippen LogP contribution in [0.1, 0.15) is 25.0 Å². The molecule has 0 aliphatic carbocycles. The number of ether oxygens (including phenoxy) is 2. The quantitative estimate of drug-likeness (QED) is 0.344. The normalized spacial score (nSPS) is 14.4. The first-order valence-corrected chi connectivity index (χ1v) is 10.5. The van der Waals surface area contributed by atoms with Gasteiger partial charge >= 0.3 is 11.9 Å². The van der Waals surface area contributed by atoms with Gasteiger partial charge in [-0.2, -0.15) is 0 Å². The second-order valence-corrected chi connectivity index (χ2v) is 8.52. The van der Waals surface area contributed by atoms with Crippen LogP contribution in [0.2, 0.25) is 10.0 Å². The largest absolute Gasteiger partial charge is 0.448 e. The molecule has 2 atom stereocenters. The van der Waals surface area contributed by atoms with Crippen LogP contribution in [-0.4, -0.2) is 28.9 Å². The van der Waals surface area contributed by atoms with E-state index in [4.69, 9.17) is 32.7 Å². The molecule has 0 aromatic heterocycles. The third kappa shape index (κ3) is 6.55. The van der Waals surface area contributed by atoms with E-state index in [0.717, 1.165) is 12.2 Å². The van der Waals surface area contributed by atoms with Crippen molar-refractivity contribution in [3.63, 3.8) is 0 Å². The number of hydrogen-bond donors (Lipinski definition) is 0. The Bertz CT molecular complexity index is 932.